The smallest absolute Gasteiger partial charge is 0.326 e. The first kappa shape index (κ1) is 31.1. The van der Waals surface area contributed by atoms with Crippen molar-refractivity contribution in [3.63, 3.8) is 0 Å². The fourth-order valence-electron chi connectivity index (χ4n) is 3.92. The number of pyridine rings is 1. The van der Waals surface area contributed by atoms with Gasteiger partial charge in [0, 0.05) is 43.2 Å². The molecule has 214 valence electrons. The highest BCUT2D eigenvalue weighted by Gasteiger charge is 2.23. The molecule has 2 unspecified atom stereocenters. The molecule has 10 N–H and O–H groups in total. The van der Waals surface area contributed by atoms with Gasteiger partial charge in [0.1, 0.15) is 11.8 Å². The van der Waals surface area contributed by atoms with Crippen molar-refractivity contribution in [2.24, 2.45) is 22.2 Å². The monoisotopic (exact) mass is 544 g/mol. The van der Waals surface area contributed by atoms with E-state index in [2.05, 4.69) is 25.9 Å². The number of hydrogen-bond donors (Lipinski definition) is 7. The van der Waals surface area contributed by atoms with Gasteiger partial charge in [-0.25, -0.2) is 4.79 Å². The van der Waals surface area contributed by atoms with Gasteiger partial charge in [0.15, 0.2) is 5.96 Å². The predicted octanol–water partition coefficient (Wildman–Crippen LogP) is 0.671. The molecule has 0 aliphatic heterocycles. The Hall–Kier alpha value is -4.13. The molecule has 0 spiro atoms. The number of aromatic nitrogens is 1. The molecule has 13 nitrogen and oxygen atoms in total. The Morgan fingerprint density at radius 1 is 1.15 bits per heavy atom. The van der Waals surface area contributed by atoms with Gasteiger partial charge in [-0.3, -0.25) is 19.6 Å². The summed E-state index contributed by atoms with van der Waals surface area (Å²) in [6.07, 6.45) is 3.88. The molecule has 2 aromatic rings. The summed E-state index contributed by atoms with van der Waals surface area (Å²) < 4.78 is 5.39. The summed E-state index contributed by atoms with van der Waals surface area (Å²) in [5, 5.41) is 19.1. The summed E-state index contributed by atoms with van der Waals surface area (Å²) >= 11 is 0. The number of aliphatic carboxylic acids is 1. The summed E-state index contributed by atoms with van der Waals surface area (Å²) in [6, 6.07) is 5.67. The number of guanidine groups is 1. The van der Waals surface area contributed by atoms with E-state index in [4.69, 9.17) is 21.9 Å². The van der Waals surface area contributed by atoms with Crippen molar-refractivity contribution < 1.29 is 24.2 Å². The Morgan fingerprint density at radius 2 is 1.92 bits per heavy atom. The van der Waals surface area contributed by atoms with Gasteiger partial charge in [0.25, 0.3) is 0 Å². The Labute approximate surface area is 227 Å². The number of nitrogens with two attached hydrogens (primary N) is 3. The van der Waals surface area contributed by atoms with Crippen molar-refractivity contribution in [3.05, 3.63) is 30.5 Å². The second kappa shape index (κ2) is 16.0. The van der Waals surface area contributed by atoms with Crippen LogP contribution in [0.5, 0.6) is 5.75 Å². The van der Waals surface area contributed by atoms with E-state index in [1.165, 1.54) is 0 Å². The first-order chi connectivity index (χ1) is 18.6. The van der Waals surface area contributed by atoms with Crippen molar-refractivity contribution in [1.29, 1.82) is 0 Å². The first-order valence-corrected chi connectivity index (χ1v) is 12.9. The van der Waals surface area contributed by atoms with E-state index in [-0.39, 0.29) is 37.2 Å². The van der Waals surface area contributed by atoms with Crippen molar-refractivity contribution in [3.8, 4) is 5.75 Å². The normalized spacial score (nSPS) is 13.1. The average Bonchev–Trinajstić information content (AvgIpc) is 2.90. The second-order valence-electron chi connectivity index (χ2n) is 9.28. The molecule has 3 atom stereocenters. The summed E-state index contributed by atoms with van der Waals surface area (Å²) in [4.78, 5) is 44.3. The molecule has 1 aromatic carbocycles. The number of fused-ring (bicyclic) bond motifs is 1. The molecule has 2 rings (SSSR count). The number of anilines is 1. The Kier molecular flexibility index (Phi) is 12.7. The van der Waals surface area contributed by atoms with Crippen LogP contribution in [0.15, 0.2) is 35.5 Å². The molecular formula is C26H40N8O5. The van der Waals surface area contributed by atoms with Gasteiger partial charge in [-0.15, -0.1) is 0 Å². The first-order valence-electron chi connectivity index (χ1n) is 12.9. The standard InChI is InChI=1S/C26H40N8O5/c1-16(33-21-15-18(39-2)14-17-7-4-12-31-23(17)21)6-3-11-30-22(35)10-9-20(25(37)38)34-24(36)19(27)8-5-13-32-26(28)29/h4,7,12,14-16,19-20,33H,3,5-6,8-11,13,27H2,1-2H3,(H,30,35)(H,34,36)(H,37,38)(H4,28,29,32)/t16?,19-,20?/m1/s1. The lowest BCUT2D eigenvalue weighted by molar-refractivity contribution is -0.142. The highest BCUT2D eigenvalue weighted by Crippen LogP contribution is 2.28. The van der Waals surface area contributed by atoms with E-state index in [9.17, 15) is 19.5 Å². The number of carbonyl (C=O) groups excluding carboxylic acids is 2. The van der Waals surface area contributed by atoms with E-state index in [1.807, 2.05) is 31.2 Å². The summed E-state index contributed by atoms with van der Waals surface area (Å²) in [7, 11) is 1.62. The van der Waals surface area contributed by atoms with Gasteiger partial charge in [0.05, 0.1) is 24.4 Å². The Balaban J connectivity index is 1.72. The van der Waals surface area contributed by atoms with Crippen LogP contribution in [-0.2, 0) is 14.4 Å². The topological polar surface area (TPSA) is 220 Å². The number of carbonyl (C=O) groups is 3. The van der Waals surface area contributed by atoms with E-state index in [1.54, 1.807) is 13.3 Å². The fraction of sp³-hybridized carbons (Fsp3) is 0.500. The maximum absolute atomic E-state index is 12.3. The fourth-order valence-corrected chi connectivity index (χ4v) is 3.92. The lowest BCUT2D eigenvalue weighted by Gasteiger charge is -2.18. The number of ether oxygens (including phenoxy) is 1. The number of carboxylic acids is 1. The number of nitrogens with one attached hydrogen (secondary N) is 3. The molecule has 0 bridgehead atoms. The van der Waals surface area contributed by atoms with Crippen LogP contribution in [0.4, 0.5) is 5.69 Å². The molecule has 0 saturated carbocycles. The van der Waals surface area contributed by atoms with Gasteiger partial charge in [-0.1, -0.05) is 6.07 Å². The minimum absolute atomic E-state index is 0.0494. The molecule has 0 fully saturated rings. The number of aliphatic imine (C=N–C) groups is 1. The lowest BCUT2D eigenvalue weighted by Crippen LogP contribution is -2.48. The number of hydrogen-bond acceptors (Lipinski definition) is 8. The maximum atomic E-state index is 12.3. The summed E-state index contributed by atoms with van der Waals surface area (Å²) in [6.45, 7) is 2.80. The number of nitrogens with zero attached hydrogens (tertiary/aromatic N) is 2. The molecule has 2 amide bonds. The minimum Gasteiger partial charge on any atom is -0.497 e. The SMILES string of the molecule is COc1cc(NC(C)CCCNC(=O)CCC(NC(=O)[C@H](N)CCCN=C(N)N)C(=O)O)c2ncccc2c1. The maximum Gasteiger partial charge on any atom is 0.326 e. The third kappa shape index (κ3) is 11.0. The predicted molar refractivity (Wildman–Crippen MR) is 150 cm³/mol. The lowest BCUT2D eigenvalue weighted by atomic mass is 10.1. The van der Waals surface area contributed by atoms with E-state index in [0.717, 1.165) is 28.8 Å². The summed E-state index contributed by atoms with van der Waals surface area (Å²) in [5.41, 5.74) is 18.0. The molecular weight excluding hydrogens is 504 g/mol. The number of rotatable bonds is 17. The van der Waals surface area contributed by atoms with Crippen LogP contribution < -0.4 is 37.9 Å². The zero-order valence-electron chi connectivity index (χ0n) is 22.5. The molecule has 0 radical (unpaired) electrons. The van der Waals surface area contributed by atoms with Crippen molar-refractivity contribution >= 4 is 40.3 Å². The van der Waals surface area contributed by atoms with Crippen LogP contribution in [0.1, 0.15) is 45.4 Å². The largest absolute Gasteiger partial charge is 0.497 e. The molecule has 39 heavy (non-hydrogen) atoms. The quantitative estimate of drug-likeness (QED) is 0.0838. The third-order valence-corrected chi connectivity index (χ3v) is 6.03. The molecule has 13 heteroatoms. The van der Waals surface area contributed by atoms with Crippen LogP contribution >= 0.6 is 0 Å². The van der Waals surface area contributed by atoms with E-state index in [0.29, 0.717) is 25.9 Å². The van der Waals surface area contributed by atoms with E-state index < -0.39 is 24.0 Å². The highest BCUT2D eigenvalue weighted by atomic mass is 16.5. The van der Waals surface area contributed by atoms with Crippen molar-refractivity contribution in [2.45, 2.75) is 63.6 Å². The molecule has 0 aliphatic carbocycles. The Morgan fingerprint density at radius 3 is 2.62 bits per heavy atom. The van der Waals surface area contributed by atoms with Gasteiger partial charge in [-0.2, -0.15) is 0 Å². The van der Waals surface area contributed by atoms with Crippen LogP contribution in [0.3, 0.4) is 0 Å². The third-order valence-electron chi connectivity index (χ3n) is 6.03. The zero-order valence-corrected chi connectivity index (χ0v) is 22.5. The number of amides is 2. The van der Waals surface area contributed by atoms with Gasteiger partial charge >= 0.3 is 5.97 Å². The molecule has 1 aromatic heterocycles. The van der Waals surface area contributed by atoms with Crippen LogP contribution in [0.2, 0.25) is 0 Å². The molecule has 0 saturated heterocycles. The number of carboxylic acid groups (broad SMARTS) is 1. The highest BCUT2D eigenvalue weighted by molar-refractivity contribution is 5.92. The second-order valence-corrected chi connectivity index (χ2v) is 9.28. The van der Waals surface area contributed by atoms with Gasteiger partial charge in [-0.05, 0) is 51.2 Å². The number of methoxy groups -OCH3 is 1. The van der Waals surface area contributed by atoms with Gasteiger partial charge < -0.3 is 43.0 Å². The van der Waals surface area contributed by atoms with Crippen LogP contribution in [0.25, 0.3) is 10.9 Å². The van der Waals surface area contributed by atoms with Gasteiger partial charge in [0.2, 0.25) is 11.8 Å². The zero-order chi connectivity index (χ0) is 28.8. The number of benzene rings is 1. The van der Waals surface area contributed by atoms with Crippen molar-refractivity contribution in [2.75, 3.05) is 25.5 Å². The summed E-state index contributed by atoms with van der Waals surface area (Å²) in [5.74, 6) is -1.45. The average molecular weight is 545 g/mol. The van der Waals surface area contributed by atoms with E-state index >= 15 is 0 Å². The Bertz CT molecular complexity index is 1140. The molecule has 1 heterocycles. The molecule has 0 aliphatic rings. The van der Waals surface area contributed by atoms with Crippen LogP contribution in [0, 0.1) is 0 Å². The van der Waals surface area contributed by atoms with Crippen LogP contribution in [-0.4, -0.2) is 72.2 Å². The van der Waals surface area contributed by atoms with Crippen molar-refractivity contribution in [1.82, 2.24) is 15.6 Å². The minimum atomic E-state index is -1.23.